The van der Waals surface area contributed by atoms with E-state index in [4.69, 9.17) is 0 Å². The zero-order valence-corrected chi connectivity index (χ0v) is 5.07. The maximum atomic E-state index is 3.07. The molecule has 1 nitrogen and oxygen atoms in total. The van der Waals surface area contributed by atoms with Gasteiger partial charge in [0.25, 0.3) is 0 Å². The standard InChI is InChI=1S/C6H13N/c1-3-5-6-7-4-2/h5-7H,3-4H2,1-2H3. The second-order valence-electron chi connectivity index (χ2n) is 1.37. The van der Waals surface area contributed by atoms with Crippen molar-refractivity contribution in [3.63, 3.8) is 0 Å². The van der Waals surface area contributed by atoms with Crippen molar-refractivity contribution >= 4 is 0 Å². The van der Waals surface area contributed by atoms with Gasteiger partial charge in [-0.2, -0.15) is 0 Å². The van der Waals surface area contributed by atoms with Crippen molar-refractivity contribution in [2.45, 2.75) is 20.3 Å². The first-order valence-electron chi connectivity index (χ1n) is 2.80. The third-order valence-corrected chi connectivity index (χ3v) is 0.676. The van der Waals surface area contributed by atoms with Gasteiger partial charge in [-0.05, 0) is 19.5 Å². The highest BCUT2D eigenvalue weighted by molar-refractivity contribution is 4.76. The molecule has 0 aromatic heterocycles. The molecule has 0 aliphatic carbocycles. The van der Waals surface area contributed by atoms with E-state index in [1.54, 1.807) is 0 Å². The monoisotopic (exact) mass is 99.1 g/mol. The Bertz CT molecular complexity index is 48.1. The molecule has 7 heavy (non-hydrogen) atoms. The van der Waals surface area contributed by atoms with Crippen LogP contribution in [-0.4, -0.2) is 6.54 Å². The van der Waals surface area contributed by atoms with Crippen LogP contribution >= 0.6 is 0 Å². The number of hydrogen-bond acceptors (Lipinski definition) is 1. The van der Waals surface area contributed by atoms with E-state index in [0.717, 1.165) is 13.0 Å². The molecule has 0 radical (unpaired) electrons. The van der Waals surface area contributed by atoms with E-state index in [1.165, 1.54) is 0 Å². The average molecular weight is 99.2 g/mol. The van der Waals surface area contributed by atoms with E-state index >= 15 is 0 Å². The van der Waals surface area contributed by atoms with Gasteiger partial charge >= 0.3 is 0 Å². The molecule has 0 saturated carbocycles. The van der Waals surface area contributed by atoms with Gasteiger partial charge in [0.1, 0.15) is 0 Å². The van der Waals surface area contributed by atoms with E-state index in [1.807, 2.05) is 6.20 Å². The Hall–Kier alpha value is -0.460. The summed E-state index contributed by atoms with van der Waals surface area (Å²) >= 11 is 0. The molecule has 42 valence electrons. The number of rotatable bonds is 3. The number of hydrogen-bond donors (Lipinski definition) is 1. The first kappa shape index (κ1) is 6.54. The number of allylic oxidation sites excluding steroid dienone is 1. The van der Waals surface area contributed by atoms with Gasteiger partial charge in [0, 0.05) is 6.54 Å². The zero-order chi connectivity index (χ0) is 5.54. The summed E-state index contributed by atoms with van der Waals surface area (Å²) in [5.74, 6) is 0. The SMILES string of the molecule is CCC=CNCC. The normalized spacial score (nSPS) is 10.0. The fourth-order valence-electron chi connectivity index (χ4n) is 0.319. The molecule has 0 rings (SSSR count). The highest BCUT2D eigenvalue weighted by Crippen LogP contribution is 1.73. The van der Waals surface area contributed by atoms with Gasteiger partial charge in [0.2, 0.25) is 0 Å². The predicted molar refractivity (Wildman–Crippen MR) is 33.1 cm³/mol. The van der Waals surface area contributed by atoms with Gasteiger partial charge in [-0.25, -0.2) is 0 Å². The summed E-state index contributed by atoms with van der Waals surface area (Å²) in [6.07, 6.45) is 5.20. The summed E-state index contributed by atoms with van der Waals surface area (Å²) in [7, 11) is 0. The Morgan fingerprint density at radius 2 is 2.14 bits per heavy atom. The minimum absolute atomic E-state index is 1.02. The largest absolute Gasteiger partial charge is 0.391 e. The quantitative estimate of drug-likeness (QED) is 0.565. The zero-order valence-electron chi connectivity index (χ0n) is 5.07. The van der Waals surface area contributed by atoms with E-state index < -0.39 is 0 Å². The maximum Gasteiger partial charge on any atom is 0.0112 e. The van der Waals surface area contributed by atoms with Crippen LogP contribution in [0.5, 0.6) is 0 Å². The van der Waals surface area contributed by atoms with Gasteiger partial charge in [0.05, 0.1) is 0 Å². The summed E-state index contributed by atoms with van der Waals surface area (Å²) in [6, 6.07) is 0. The van der Waals surface area contributed by atoms with E-state index in [9.17, 15) is 0 Å². The van der Waals surface area contributed by atoms with Crippen LogP contribution in [0.1, 0.15) is 20.3 Å². The summed E-state index contributed by atoms with van der Waals surface area (Å²) in [5.41, 5.74) is 0. The Morgan fingerprint density at radius 1 is 1.43 bits per heavy atom. The van der Waals surface area contributed by atoms with Crippen LogP contribution in [0.4, 0.5) is 0 Å². The summed E-state index contributed by atoms with van der Waals surface area (Å²) in [4.78, 5) is 0. The molecule has 0 fully saturated rings. The third-order valence-electron chi connectivity index (χ3n) is 0.676. The lowest BCUT2D eigenvalue weighted by Gasteiger charge is -1.87. The summed E-state index contributed by atoms with van der Waals surface area (Å²) < 4.78 is 0. The van der Waals surface area contributed by atoms with E-state index in [0.29, 0.717) is 0 Å². The number of nitrogens with one attached hydrogen (secondary N) is 1. The van der Waals surface area contributed by atoms with E-state index in [-0.39, 0.29) is 0 Å². The lowest BCUT2D eigenvalue weighted by molar-refractivity contribution is 0.912. The molecule has 0 aliphatic rings. The molecule has 0 heterocycles. The molecular weight excluding hydrogens is 86.1 g/mol. The Morgan fingerprint density at radius 3 is 2.57 bits per heavy atom. The average Bonchev–Trinajstić information content (AvgIpc) is 1.69. The maximum absolute atomic E-state index is 3.07. The van der Waals surface area contributed by atoms with Gasteiger partial charge in [-0.15, -0.1) is 0 Å². The van der Waals surface area contributed by atoms with Crippen molar-refractivity contribution in [3.8, 4) is 0 Å². The molecule has 0 saturated heterocycles. The third kappa shape index (κ3) is 5.54. The van der Waals surface area contributed by atoms with Gasteiger partial charge in [-0.3, -0.25) is 0 Å². The predicted octanol–water partition coefficient (Wildman–Crippen LogP) is 1.52. The Labute approximate surface area is 45.4 Å². The minimum atomic E-state index is 1.02. The molecule has 0 aliphatic heterocycles. The first-order valence-corrected chi connectivity index (χ1v) is 2.80. The highest BCUT2D eigenvalue weighted by Gasteiger charge is 1.63. The van der Waals surface area contributed by atoms with Crippen LogP contribution in [0.2, 0.25) is 0 Å². The second kappa shape index (κ2) is 5.54. The van der Waals surface area contributed by atoms with Gasteiger partial charge < -0.3 is 5.32 Å². The molecular formula is C6H13N. The molecule has 0 unspecified atom stereocenters. The topological polar surface area (TPSA) is 12.0 Å². The fourth-order valence-corrected chi connectivity index (χ4v) is 0.319. The summed E-state index contributed by atoms with van der Waals surface area (Å²) in [5, 5.41) is 3.07. The Kier molecular flexibility index (Phi) is 5.18. The van der Waals surface area contributed by atoms with Crippen LogP contribution in [-0.2, 0) is 0 Å². The van der Waals surface area contributed by atoms with Crippen LogP contribution in [0.15, 0.2) is 12.3 Å². The second-order valence-corrected chi connectivity index (χ2v) is 1.37. The van der Waals surface area contributed by atoms with Crippen molar-refractivity contribution in [2.24, 2.45) is 0 Å². The van der Waals surface area contributed by atoms with E-state index in [2.05, 4.69) is 25.2 Å². The lowest BCUT2D eigenvalue weighted by atomic mass is 10.5. The molecule has 0 amide bonds. The molecule has 1 N–H and O–H groups in total. The first-order chi connectivity index (χ1) is 3.41. The van der Waals surface area contributed by atoms with Gasteiger partial charge in [0.15, 0.2) is 0 Å². The Balaban J connectivity index is 2.78. The lowest BCUT2D eigenvalue weighted by Crippen LogP contribution is -2.00. The van der Waals surface area contributed by atoms with Crippen LogP contribution in [0.25, 0.3) is 0 Å². The molecule has 0 atom stereocenters. The van der Waals surface area contributed by atoms with Crippen molar-refractivity contribution in [3.05, 3.63) is 12.3 Å². The minimum Gasteiger partial charge on any atom is -0.391 e. The van der Waals surface area contributed by atoms with Crippen LogP contribution < -0.4 is 5.32 Å². The summed E-state index contributed by atoms with van der Waals surface area (Å²) in [6.45, 7) is 5.23. The highest BCUT2D eigenvalue weighted by atomic mass is 14.8. The van der Waals surface area contributed by atoms with Gasteiger partial charge in [-0.1, -0.05) is 13.0 Å². The smallest absolute Gasteiger partial charge is 0.0112 e. The molecule has 0 spiro atoms. The molecule has 0 aromatic carbocycles. The van der Waals surface area contributed by atoms with Crippen molar-refractivity contribution < 1.29 is 0 Å². The molecule has 0 aromatic rings. The van der Waals surface area contributed by atoms with Crippen molar-refractivity contribution in [1.29, 1.82) is 0 Å². The van der Waals surface area contributed by atoms with Crippen LogP contribution in [0, 0.1) is 0 Å². The molecule has 1 heteroatoms. The van der Waals surface area contributed by atoms with Crippen LogP contribution in [0.3, 0.4) is 0 Å². The van der Waals surface area contributed by atoms with Crippen molar-refractivity contribution in [2.75, 3.05) is 6.54 Å². The fraction of sp³-hybridized carbons (Fsp3) is 0.667. The van der Waals surface area contributed by atoms with Crippen molar-refractivity contribution in [1.82, 2.24) is 5.32 Å². The molecule has 0 bridgehead atoms.